The fourth-order valence-electron chi connectivity index (χ4n) is 1.68. The molecule has 1 aromatic heterocycles. The van der Waals surface area contributed by atoms with Gasteiger partial charge in [0, 0.05) is 18.9 Å². The first-order chi connectivity index (χ1) is 8.05. The third-order valence-electron chi connectivity index (χ3n) is 2.58. The van der Waals surface area contributed by atoms with E-state index in [1.165, 1.54) is 12.1 Å². The Bertz CT molecular complexity index is 472. The summed E-state index contributed by atoms with van der Waals surface area (Å²) in [4.78, 5) is 0. The van der Waals surface area contributed by atoms with Gasteiger partial charge in [-0.1, -0.05) is 18.2 Å². The van der Waals surface area contributed by atoms with Gasteiger partial charge in [-0.3, -0.25) is 0 Å². The van der Waals surface area contributed by atoms with Gasteiger partial charge in [-0.05, 0) is 30.2 Å². The van der Waals surface area contributed by atoms with E-state index in [0.717, 1.165) is 6.07 Å². The molecule has 2 aromatic rings. The average Bonchev–Trinajstić information content (AvgIpc) is 2.78. The highest BCUT2D eigenvalue weighted by atomic mass is 19.4. The minimum atomic E-state index is -4.26. The van der Waals surface area contributed by atoms with Crippen molar-refractivity contribution in [2.75, 3.05) is 0 Å². The van der Waals surface area contributed by atoms with E-state index in [1.54, 1.807) is 6.07 Å². The lowest BCUT2D eigenvalue weighted by Gasteiger charge is -2.09. The van der Waals surface area contributed by atoms with Crippen LogP contribution in [0, 0.1) is 0 Å². The first-order valence-corrected chi connectivity index (χ1v) is 5.32. The quantitative estimate of drug-likeness (QED) is 0.768. The average molecular weight is 239 g/mol. The molecule has 1 aromatic carbocycles. The molecule has 0 unspecified atom stereocenters. The molecular formula is C13H12F3N. The van der Waals surface area contributed by atoms with Crippen LogP contribution in [0.5, 0.6) is 0 Å². The van der Waals surface area contributed by atoms with E-state index in [2.05, 4.69) is 0 Å². The van der Waals surface area contributed by atoms with Gasteiger partial charge in [0.15, 0.2) is 0 Å². The Hall–Kier alpha value is -1.71. The standard InChI is InChI=1S/C13H12F3N/c14-13(15,16)12-5-3-4-11(10-12)6-9-17-7-1-2-8-17/h1-5,7-8,10H,6,9H2. The Labute approximate surface area is 97.5 Å². The number of aromatic nitrogens is 1. The Morgan fingerprint density at radius 3 is 2.35 bits per heavy atom. The second-order valence-corrected chi connectivity index (χ2v) is 3.87. The van der Waals surface area contributed by atoms with Gasteiger partial charge >= 0.3 is 6.18 Å². The number of hydrogen-bond donors (Lipinski definition) is 0. The van der Waals surface area contributed by atoms with Crippen LogP contribution in [0.2, 0.25) is 0 Å². The van der Waals surface area contributed by atoms with Crippen molar-refractivity contribution >= 4 is 0 Å². The molecule has 0 saturated carbocycles. The molecule has 0 amide bonds. The number of halogens is 3. The van der Waals surface area contributed by atoms with Crippen LogP contribution >= 0.6 is 0 Å². The third kappa shape index (κ3) is 3.12. The van der Waals surface area contributed by atoms with Gasteiger partial charge in [0.05, 0.1) is 5.56 Å². The minimum absolute atomic E-state index is 0.581. The largest absolute Gasteiger partial charge is 0.416 e. The molecule has 0 radical (unpaired) electrons. The lowest BCUT2D eigenvalue weighted by molar-refractivity contribution is -0.137. The molecule has 0 saturated heterocycles. The summed E-state index contributed by atoms with van der Waals surface area (Å²) in [5.74, 6) is 0. The highest BCUT2D eigenvalue weighted by Crippen LogP contribution is 2.29. The molecule has 0 bridgehead atoms. The summed E-state index contributed by atoms with van der Waals surface area (Å²) in [7, 11) is 0. The predicted molar refractivity (Wildman–Crippen MR) is 59.6 cm³/mol. The zero-order chi connectivity index (χ0) is 12.3. The highest BCUT2D eigenvalue weighted by molar-refractivity contribution is 5.25. The molecule has 0 N–H and O–H groups in total. The summed E-state index contributed by atoms with van der Waals surface area (Å²) < 4.78 is 39.4. The second kappa shape index (κ2) is 4.65. The molecule has 17 heavy (non-hydrogen) atoms. The van der Waals surface area contributed by atoms with Gasteiger partial charge in [0.2, 0.25) is 0 Å². The van der Waals surface area contributed by atoms with Gasteiger partial charge in [-0.25, -0.2) is 0 Å². The predicted octanol–water partition coefficient (Wildman–Crippen LogP) is 3.75. The second-order valence-electron chi connectivity index (χ2n) is 3.87. The zero-order valence-corrected chi connectivity index (χ0v) is 9.11. The molecule has 0 aliphatic heterocycles. The van der Waals surface area contributed by atoms with E-state index >= 15 is 0 Å². The number of aryl methyl sites for hydroxylation is 2. The summed E-state index contributed by atoms with van der Waals surface area (Å²) >= 11 is 0. The highest BCUT2D eigenvalue weighted by Gasteiger charge is 2.30. The number of benzene rings is 1. The summed E-state index contributed by atoms with van der Waals surface area (Å²) in [5.41, 5.74) is 0.121. The van der Waals surface area contributed by atoms with Crippen molar-refractivity contribution in [1.82, 2.24) is 4.57 Å². The van der Waals surface area contributed by atoms with Gasteiger partial charge in [-0.2, -0.15) is 13.2 Å². The SMILES string of the molecule is FC(F)(F)c1cccc(CCn2cccc2)c1. The fraction of sp³-hybridized carbons (Fsp3) is 0.231. The van der Waals surface area contributed by atoms with Gasteiger partial charge in [-0.15, -0.1) is 0 Å². The fourth-order valence-corrected chi connectivity index (χ4v) is 1.68. The van der Waals surface area contributed by atoms with E-state index in [4.69, 9.17) is 0 Å². The third-order valence-corrected chi connectivity index (χ3v) is 2.58. The summed E-state index contributed by atoms with van der Waals surface area (Å²) in [6, 6.07) is 9.27. The summed E-state index contributed by atoms with van der Waals surface area (Å²) in [6.45, 7) is 0.689. The number of nitrogens with zero attached hydrogens (tertiary/aromatic N) is 1. The van der Waals surface area contributed by atoms with Crippen LogP contribution in [0.3, 0.4) is 0 Å². The molecule has 0 fully saturated rings. The van der Waals surface area contributed by atoms with Crippen molar-refractivity contribution in [3.05, 3.63) is 59.9 Å². The lowest BCUT2D eigenvalue weighted by Crippen LogP contribution is -2.06. The Balaban J connectivity index is 2.07. The molecular weight excluding hydrogens is 227 g/mol. The lowest BCUT2D eigenvalue weighted by atomic mass is 10.1. The van der Waals surface area contributed by atoms with Crippen LogP contribution in [0.15, 0.2) is 48.8 Å². The van der Waals surface area contributed by atoms with Crippen molar-refractivity contribution in [1.29, 1.82) is 0 Å². The monoisotopic (exact) mass is 239 g/mol. The first-order valence-electron chi connectivity index (χ1n) is 5.32. The van der Waals surface area contributed by atoms with Crippen molar-refractivity contribution in [2.24, 2.45) is 0 Å². The molecule has 1 heterocycles. The summed E-state index contributed by atoms with van der Waals surface area (Å²) in [5, 5.41) is 0. The van der Waals surface area contributed by atoms with Crippen LogP contribution in [0.1, 0.15) is 11.1 Å². The zero-order valence-electron chi connectivity index (χ0n) is 9.11. The van der Waals surface area contributed by atoms with E-state index in [9.17, 15) is 13.2 Å². The smallest absolute Gasteiger partial charge is 0.354 e. The van der Waals surface area contributed by atoms with Crippen molar-refractivity contribution in [2.45, 2.75) is 19.1 Å². The summed E-state index contributed by atoms with van der Waals surface area (Å²) in [6.07, 6.45) is 0.128. The van der Waals surface area contributed by atoms with Crippen LogP contribution in [-0.2, 0) is 19.1 Å². The molecule has 0 aliphatic carbocycles. The van der Waals surface area contributed by atoms with Crippen molar-refractivity contribution in [3.8, 4) is 0 Å². The van der Waals surface area contributed by atoms with E-state index in [1.807, 2.05) is 29.1 Å². The van der Waals surface area contributed by atoms with Crippen LogP contribution < -0.4 is 0 Å². The van der Waals surface area contributed by atoms with Gasteiger partial charge < -0.3 is 4.57 Å². The maximum atomic E-state index is 12.5. The molecule has 0 spiro atoms. The van der Waals surface area contributed by atoms with Crippen LogP contribution in [0.25, 0.3) is 0 Å². The maximum absolute atomic E-state index is 12.5. The maximum Gasteiger partial charge on any atom is 0.416 e. The van der Waals surface area contributed by atoms with Crippen molar-refractivity contribution < 1.29 is 13.2 Å². The molecule has 0 atom stereocenters. The number of rotatable bonds is 3. The molecule has 0 aliphatic rings. The molecule has 4 heteroatoms. The van der Waals surface area contributed by atoms with Crippen molar-refractivity contribution in [3.63, 3.8) is 0 Å². The van der Waals surface area contributed by atoms with E-state index in [-0.39, 0.29) is 0 Å². The minimum Gasteiger partial charge on any atom is -0.354 e. The molecule has 90 valence electrons. The normalized spacial score (nSPS) is 11.7. The number of alkyl halides is 3. The Kier molecular flexibility index (Phi) is 3.22. The first kappa shape index (κ1) is 11.8. The Morgan fingerprint density at radius 2 is 1.71 bits per heavy atom. The van der Waals surface area contributed by atoms with Gasteiger partial charge in [0.1, 0.15) is 0 Å². The topological polar surface area (TPSA) is 4.93 Å². The van der Waals surface area contributed by atoms with Crippen LogP contribution in [0.4, 0.5) is 13.2 Å². The molecule has 1 nitrogen and oxygen atoms in total. The van der Waals surface area contributed by atoms with Gasteiger partial charge in [0.25, 0.3) is 0 Å². The molecule has 2 rings (SSSR count). The Morgan fingerprint density at radius 1 is 1.00 bits per heavy atom. The van der Waals surface area contributed by atoms with Crippen LogP contribution in [-0.4, -0.2) is 4.57 Å². The van der Waals surface area contributed by atoms with E-state index in [0.29, 0.717) is 18.5 Å². The number of hydrogen-bond acceptors (Lipinski definition) is 0. The van der Waals surface area contributed by atoms with E-state index < -0.39 is 11.7 Å².